The number of amides is 1. The highest BCUT2D eigenvalue weighted by atomic mass is 32.2. The highest BCUT2D eigenvalue weighted by molar-refractivity contribution is 7.92. The fourth-order valence-corrected chi connectivity index (χ4v) is 3.62. The van der Waals surface area contributed by atoms with Crippen LogP contribution in [-0.2, 0) is 19.4 Å². The fraction of sp³-hybridized carbons (Fsp3) is 0.500. The zero-order valence-electron chi connectivity index (χ0n) is 12.2. The number of carbonyl (C=O) groups excluding carboxylic acids is 1. The zero-order chi connectivity index (χ0) is 15.6. The van der Waals surface area contributed by atoms with Crippen LogP contribution in [0, 0.1) is 6.92 Å². The van der Waals surface area contributed by atoms with Gasteiger partial charge >= 0.3 is 0 Å². The van der Waals surface area contributed by atoms with Crippen molar-refractivity contribution in [2.75, 3.05) is 32.0 Å². The third-order valence-electron chi connectivity index (χ3n) is 3.71. The lowest BCUT2D eigenvalue weighted by Crippen LogP contribution is -2.47. The van der Waals surface area contributed by atoms with Crippen molar-refractivity contribution in [2.45, 2.75) is 24.0 Å². The molecule has 0 aliphatic carbocycles. The molecule has 1 aliphatic heterocycles. The lowest BCUT2D eigenvalue weighted by Gasteiger charge is -2.29. The van der Waals surface area contributed by atoms with Crippen molar-refractivity contribution >= 4 is 21.4 Å². The summed E-state index contributed by atoms with van der Waals surface area (Å²) >= 11 is 0. The molecule has 6 nitrogen and oxygen atoms in total. The molecule has 1 heterocycles. The molecule has 2 N–H and O–H groups in total. The van der Waals surface area contributed by atoms with Gasteiger partial charge < -0.3 is 15.4 Å². The number of sulfone groups is 1. The molecular formula is C14H20N2O4S. The second-order valence-electron chi connectivity index (χ2n) is 5.14. The van der Waals surface area contributed by atoms with Gasteiger partial charge in [0.25, 0.3) is 0 Å². The molecule has 1 atom stereocenters. The smallest absolute Gasteiger partial charge is 0.241 e. The Hall–Kier alpha value is -1.60. The standard InChI is InChI=1S/C14H20N2O4S/c1-10-9-12(3-4-13(10)15)21(18,19)11(2)14(17)16-5-7-20-8-6-16/h3-4,9,11H,5-8,15H2,1-2H3. The molecule has 0 aromatic heterocycles. The van der Waals surface area contributed by atoms with Crippen molar-refractivity contribution in [1.82, 2.24) is 4.90 Å². The van der Waals surface area contributed by atoms with E-state index in [4.69, 9.17) is 10.5 Å². The number of aryl methyl sites for hydroxylation is 1. The van der Waals surface area contributed by atoms with Gasteiger partial charge in [-0.2, -0.15) is 0 Å². The van der Waals surface area contributed by atoms with Gasteiger partial charge in [0.1, 0.15) is 5.25 Å². The van der Waals surface area contributed by atoms with Crippen LogP contribution >= 0.6 is 0 Å². The quantitative estimate of drug-likeness (QED) is 0.825. The minimum Gasteiger partial charge on any atom is -0.399 e. The minimum absolute atomic E-state index is 0.128. The van der Waals surface area contributed by atoms with E-state index in [1.54, 1.807) is 13.0 Å². The SMILES string of the molecule is Cc1cc(S(=O)(=O)C(C)C(=O)N2CCOCC2)ccc1N. The predicted molar refractivity (Wildman–Crippen MR) is 79.6 cm³/mol. The van der Waals surface area contributed by atoms with Gasteiger partial charge in [-0.25, -0.2) is 8.42 Å². The lowest BCUT2D eigenvalue weighted by molar-refractivity contribution is -0.134. The Morgan fingerprint density at radius 1 is 1.33 bits per heavy atom. The fourth-order valence-electron chi connectivity index (χ4n) is 2.20. The molecule has 1 saturated heterocycles. The Balaban J connectivity index is 2.25. The van der Waals surface area contributed by atoms with E-state index in [9.17, 15) is 13.2 Å². The van der Waals surface area contributed by atoms with E-state index < -0.39 is 15.1 Å². The molecule has 2 rings (SSSR count). The molecule has 1 aliphatic rings. The number of nitrogens with zero attached hydrogens (tertiary/aromatic N) is 1. The van der Waals surface area contributed by atoms with Gasteiger partial charge in [0.15, 0.2) is 9.84 Å². The molecule has 0 radical (unpaired) electrons. The van der Waals surface area contributed by atoms with Crippen LogP contribution in [0.1, 0.15) is 12.5 Å². The number of hydrogen-bond donors (Lipinski definition) is 1. The Morgan fingerprint density at radius 3 is 2.52 bits per heavy atom. The molecule has 1 aromatic rings. The summed E-state index contributed by atoms with van der Waals surface area (Å²) in [5.41, 5.74) is 6.91. The Labute approximate surface area is 124 Å². The Morgan fingerprint density at radius 2 is 1.95 bits per heavy atom. The van der Waals surface area contributed by atoms with Crippen LogP contribution in [0.25, 0.3) is 0 Å². The summed E-state index contributed by atoms with van der Waals surface area (Å²) in [6.45, 7) is 4.92. The van der Waals surface area contributed by atoms with Crippen molar-refractivity contribution < 1.29 is 17.9 Å². The van der Waals surface area contributed by atoms with E-state index in [2.05, 4.69) is 0 Å². The number of anilines is 1. The highest BCUT2D eigenvalue weighted by Crippen LogP contribution is 2.22. The van der Waals surface area contributed by atoms with E-state index in [0.29, 0.717) is 37.6 Å². The van der Waals surface area contributed by atoms with Crippen LogP contribution in [-0.4, -0.2) is 50.8 Å². The van der Waals surface area contributed by atoms with E-state index in [0.717, 1.165) is 0 Å². The van der Waals surface area contributed by atoms with Crippen LogP contribution in [0.5, 0.6) is 0 Å². The minimum atomic E-state index is -3.71. The molecule has 0 spiro atoms. The van der Waals surface area contributed by atoms with E-state index >= 15 is 0 Å². The first kappa shape index (κ1) is 15.8. The second kappa shape index (κ2) is 6.03. The first-order valence-corrected chi connectivity index (χ1v) is 8.35. The summed E-state index contributed by atoms with van der Waals surface area (Å²) in [4.78, 5) is 14.0. The van der Waals surface area contributed by atoms with Gasteiger partial charge in [-0.3, -0.25) is 4.79 Å². The van der Waals surface area contributed by atoms with Crippen LogP contribution in [0.3, 0.4) is 0 Å². The van der Waals surface area contributed by atoms with Crippen molar-refractivity contribution in [2.24, 2.45) is 0 Å². The van der Waals surface area contributed by atoms with Gasteiger partial charge in [-0.1, -0.05) is 0 Å². The molecule has 1 aromatic carbocycles. The maximum Gasteiger partial charge on any atom is 0.241 e. The molecule has 21 heavy (non-hydrogen) atoms. The molecule has 116 valence electrons. The zero-order valence-corrected chi connectivity index (χ0v) is 13.0. The second-order valence-corrected chi connectivity index (χ2v) is 7.41. The van der Waals surface area contributed by atoms with Gasteiger partial charge in [0, 0.05) is 18.8 Å². The van der Waals surface area contributed by atoms with Gasteiger partial charge in [0.2, 0.25) is 5.91 Å². The molecular weight excluding hydrogens is 292 g/mol. The molecule has 7 heteroatoms. The van der Waals surface area contributed by atoms with Gasteiger partial charge in [-0.15, -0.1) is 0 Å². The molecule has 0 bridgehead atoms. The van der Waals surface area contributed by atoms with Crippen molar-refractivity contribution in [3.05, 3.63) is 23.8 Å². The van der Waals surface area contributed by atoms with Gasteiger partial charge in [-0.05, 0) is 37.6 Å². The normalized spacial score (nSPS) is 17.5. The summed E-state index contributed by atoms with van der Waals surface area (Å²) in [5, 5.41) is -1.11. The van der Waals surface area contributed by atoms with Crippen molar-refractivity contribution in [3.8, 4) is 0 Å². The largest absolute Gasteiger partial charge is 0.399 e. The van der Waals surface area contributed by atoms with Crippen LogP contribution < -0.4 is 5.73 Å². The van der Waals surface area contributed by atoms with E-state index in [1.165, 1.54) is 24.0 Å². The Kier molecular flexibility index (Phi) is 4.53. The summed E-state index contributed by atoms with van der Waals surface area (Å²) in [7, 11) is -3.71. The number of benzene rings is 1. The number of nitrogen functional groups attached to an aromatic ring is 1. The third kappa shape index (κ3) is 3.19. The van der Waals surface area contributed by atoms with Crippen molar-refractivity contribution in [1.29, 1.82) is 0 Å². The third-order valence-corrected chi connectivity index (χ3v) is 5.75. The number of ether oxygens (including phenoxy) is 1. The number of hydrogen-bond acceptors (Lipinski definition) is 5. The first-order chi connectivity index (χ1) is 9.84. The average Bonchev–Trinajstić information content (AvgIpc) is 2.49. The Bertz CT molecular complexity index is 636. The number of carbonyl (C=O) groups is 1. The number of morpholine rings is 1. The molecule has 1 fully saturated rings. The van der Waals surface area contributed by atoms with E-state index in [1.807, 2.05) is 0 Å². The summed E-state index contributed by atoms with van der Waals surface area (Å²) in [6.07, 6.45) is 0. The average molecular weight is 312 g/mol. The van der Waals surface area contributed by atoms with Crippen LogP contribution in [0.2, 0.25) is 0 Å². The maximum absolute atomic E-state index is 12.6. The molecule has 0 saturated carbocycles. The predicted octanol–water partition coefficient (Wildman–Crippen LogP) is 0.598. The summed E-state index contributed by atoms with van der Waals surface area (Å²) in [5.74, 6) is -0.382. The van der Waals surface area contributed by atoms with Crippen LogP contribution in [0.15, 0.2) is 23.1 Å². The summed E-state index contributed by atoms with van der Waals surface area (Å²) < 4.78 is 30.3. The summed E-state index contributed by atoms with van der Waals surface area (Å²) in [6, 6.07) is 4.50. The van der Waals surface area contributed by atoms with E-state index in [-0.39, 0.29) is 10.8 Å². The molecule has 1 amide bonds. The lowest BCUT2D eigenvalue weighted by atomic mass is 10.2. The van der Waals surface area contributed by atoms with Gasteiger partial charge in [0.05, 0.1) is 18.1 Å². The number of rotatable bonds is 3. The first-order valence-electron chi connectivity index (χ1n) is 6.80. The monoisotopic (exact) mass is 312 g/mol. The van der Waals surface area contributed by atoms with Crippen molar-refractivity contribution in [3.63, 3.8) is 0 Å². The maximum atomic E-state index is 12.6. The number of nitrogens with two attached hydrogens (primary N) is 1. The molecule has 1 unspecified atom stereocenters. The topological polar surface area (TPSA) is 89.7 Å². The van der Waals surface area contributed by atoms with Crippen LogP contribution in [0.4, 0.5) is 5.69 Å². The highest BCUT2D eigenvalue weighted by Gasteiger charge is 2.33.